The summed E-state index contributed by atoms with van der Waals surface area (Å²) in [5, 5.41) is 0. The molecule has 0 aromatic heterocycles. The fourth-order valence-electron chi connectivity index (χ4n) is 2.10. The highest BCUT2D eigenvalue weighted by atomic mass is 32.2. The summed E-state index contributed by atoms with van der Waals surface area (Å²) in [6.45, 7) is 8.87. The van der Waals surface area contributed by atoms with Crippen LogP contribution in [0.25, 0.3) is 0 Å². The molecule has 106 valence electrons. The number of hydrogen-bond acceptors (Lipinski definition) is 3. The van der Waals surface area contributed by atoms with Crippen LogP contribution in [0.2, 0.25) is 0 Å². The van der Waals surface area contributed by atoms with Crippen LogP contribution in [0.1, 0.15) is 40.5 Å². The number of benzene rings is 1. The number of rotatable bonds is 0. The van der Waals surface area contributed by atoms with Gasteiger partial charge in [0.15, 0.2) is 0 Å². The predicted molar refractivity (Wildman–Crippen MR) is 80.3 cm³/mol. The topological polar surface area (TPSA) is 49.7 Å². The van der Waals surface area contributed by atoms with Gasteiger partial charge in [-0.3, -0.25) is 0 Å². The fourth-order valence-corrected chi connectivity index (χ4v) is 3.36. The Morgan fingerprint density at radius 2 is 1.74 bits per heavy atom. The maximum atomic E-state index is 11.8. The first kappa shape index (κ1) is 15.7. The molecule has 0 bridgehead atoms. The lowest BCUT2D eigenvalue weighted by Gasteiger charge is -2.24. The standard InChI is InChI=1S/C10H10N2O2S.2C2H6/c13-15(14)9-5-2-1-4-8(9)12-7-3-6-10(12)11-15;2*1-2/h1-2,4-5H,3,6-7H2;2*1-2H3. The number of fused-ring (bicyclic) bond motifs is 3. The summed E-state index contributed by atoms with van der Waals surface area (Å²) in [6, 6.07) is 7.04. The van der Waals surface area contributed by atoms with Gasteiger partial charge in [0.1, 0.15) is 10.7 Å². The third kappa shape index (κ3) is 2.97. The third-order valence-corrected chi connectivity index (χ3v) is 4.11. The van der Waals surface area contributed by atoms with Crippen LogP contribution in [0.15, 0.2) is 33.6 Å². The molecule has 0 atom stereocenters. The highest BCUT2D eigenvalue weighted by Gasteiger charge is 2.32. The van der Waals surface area contributed by atoms with Crippen molar-refractivity contribution in [3.05, 3.63) is 24.3 Å². The van der Waals surface area contributed by atoms with Crippen molar-refractivity contribution >= 4 is 21.5 Å². The van der Waals surface area contributed by atoms with E-state index in [0.29, 0.717) is 10.7 Å². The molecule has 0 saturated carbocycles. The van der Waals surface area contributed by atoms with E-state index < -0.39 is 10.0 Å². The largest absolute Gasteiger partial charge is 0.328 e. The van der Waals surface area contributed by atoms with Crippen LogP contribution < -0.4 is 4.90 Å². The molecule has 1 fully saturated rings. The second-order valence-electron chi connectivity index (χ2n) is 3.71. The minimum atomic E-state index is -3.45. The second kappa shape index (κ2) is 6.70. The summed E-state index contributed by atoms with van der Waals surface area (Å²) in [5.74, 6) is 0.689. The van der Waals surface area contributed by atoms with Gasteiger partial charge in [0.25, 0.3) is 10.0 Å². The van der Waals surface area contributed by atoms with Crippen molar-refractivity contribution in [2.75, 3.05) is 11.4 Å². The molecule has 3 rings (SSSR count). The molecule has 1 aromatic rings. The van der Waals surface area contributed by atoms with Gasteiger partial charge in [-0.15, -0.1) is 4.40 Å². The molecule has 2 heterocycles. The van der Waals surface area contributed by atoms with E-state index in [9.17, 15) is 8.42 Å². The Kier molecular flexibility index (Phi) is 5.54. The molecule has 4 nitrogen and oxygen atoms in total. The summed E-state index contributed by atoms with van der Waals surface area (Å²) in [7, 11) is -3.45. The molecule has 2 aliphatic rings. The van der Waals surface area contributed by atoms with E-state index in [0.717, 1.165) is 25.1 Å². The summed E-state index contributed by atoms with van der Waals surface area (Å²) in [5.41, 5.74) is 0.778. The SMILES string of the molecule is CC.CC.O=S1(=O)N=C2CCCN2c2ccccc21. The average Bonchev–Trinajstić information content (AvgIpc) is 2.91. The van der Waals surface area contributed by atoms with Gasteiger partial charge in [0.2, 0.25) is 0 Å². The zero-order chi connectivity index (χ0) is 14.5. The smallest absolute Gasteiger partial charge is 0.286 e. The number of para-hydroxylation sites is 1. The number of hydrogen-bond donors (Lipinski definition) is 0. The van der Waals surface area contributed by atoms with Gasteiger partial charge in [-0.2, -0.15) is 8.42 Å². The lowest BCUT2D eigenvalue weighted by Crippen LogP contribution is -2.30. The van der Waals surface area contributed by atoms with Crippen molar-refractivity contribution in [2.24, 2.45) is 4.40 Å². The van der Waals surface area contributed by atoms with E-state index in [1.165, 1.54) is 0 Å². The zero-order valence-corrected chi connectivity index (χ0v) is 12.9. The molecule has 0 spiro atoms. The molecule has 0 amide bonds. The Morgan fingerprint density at radius 3 is 2.42 bits per heavy atom. The van der Waals surface area contributed by atoms with Gasteiger partial charge < -0.3 is 4.90 Å². The van der Waals surface area contributed by atoms with Gasteiger partial charge in [0, 0.05) is 13.0 Å². The Morgan fingerprint density at radius 1 is 1.11 bits per heavy atom. The van der Waals surface area contributed by atoms with Crippen LogP contribution in [0.5, 0.6) is 0 Å². The molecule has 0 radical (unpaired) electrons. The van der Waals surface area contributed by atoms with Gasteiger partial charge in [-0.1, -0.05) is 39.8 Å². The lowest BCUT2D eigenvalue weighted by atomic mass is 10.3. The Bertz CT molecular complexity index is 550. The van der Waals surface area contributed by atoms with Crippen LogP contribution in [0.4, 0.5) is 5.69 Å². The highest BCUT2D eigenvalue weighted by Crippen LogP contribution is 2.34. The summed E-state index contributed by atoms with van der Waals surface area (Å²) in [4.78, 5) is 2.33. The summed E-state index contributed by atoms with van der Waals surface area (Å²) < 4.78 is 27.4. The van der Waals surface area contributed by atoms with Crippen LogP contribution >= 0.6 is 0 Å². The Balaban J connectivity index is 0.000000415. The minimum absolute atomic E-state index is 0.329. The third-order valence-electron chi connectivity index (χ3n) is 2.75. The van der Waals surface area contributed by atoms with E-state index in [2.05, 4.69) is 4.40 Å². The number of nitrogens with zero attached hydrogens (tertiary/aromatic N) is 2. The van der Waals surface area contributed by atoms with Crippen molar-refractivity contribution in [2.45, 2.75) is 45.4 Å². The first-order valence-corrected chi connectivity index (χ1v) is 8.33. The van der Waals surface area contributed by atoms with E-state index in [1.54, 1.807) is 12.1 Å². The first-order valence-electron chi connectivity index (χ1n) is 6.89. The van der Waals surface area contributed by atoms with Crippen LogP contribution in [-0.4, -0.2) is 20.8 Å². The normalized spacial score (nSPS) is 17.9. The molecule has 1 saturated heterocycles. The molecule has 5 heteroatoms. The van der Waals surface area contributed by atoms with Crippen molar-refractivity contribution in [1.82, 2.24) is 0 Å². The monoisotopic (exact) mass is 282 g/mol. The minimum Gasteiger partial charge on any atom is -0.328 e. The van der Waals surface area contributed by atoms with Gasteiger partial charge >= 0.3 is 0 Å². The molecule has 2 aliphatic heterocycles. The van der Waals surface area contributed by atoms with Crippen LogP contribution in [-0.2, 0) is 10.0 Å². The molecule has 0 aliphatic carbocycles. The summed E-state index contributed by atoms with van der Waals surface area (Å²) in [6.07, 6.45) is 1.73. The van der Waals surface area contributed by atoms with E-state index in [4.69, 9.17) is 0 Å². The van der Waals surface area contributed by atoms with Crippen LogP contribution in [0, 0.1) is 0 Å². The van der Waals surface area contributed by atoms with Crippen molar-refractivity contribution in [1.29, 1.82) is 0 Å². The molecule has 0 N–H and O–H groups in total. The van der Waals surface area contributed by atoms with Crippen molar-refractivity contribution in [3.63, 3.8) is 0 Å². The fraction of sp³-hybridized carbons (Fsp3) is 0.500. The van der Waals surface area contributed by atoms with Gasteiger partial charge in [-0.05, 0) is 18.6 Å². The molecule has 0 unspecified atom stereocenters. The van der Waals surface area contributed by atoms with E-state index in [-0.39, 0.29) is 0 Å². The lowest BCUT2D eigenvalue weighted by molar-refractivity contribution is 0.597. The molecular formula is C14H22N2O2S. The van der Waals surface area contributed by atoms with Crippen molar-refractivity contribution in [3.8, 4) is 0 Å². The van der Waals surface area contributed by atoms with E-state index >= 15 is 0 Å². The highest BCUT2D eigenvalue weighted by molar-refractivity contribution is 7.90. The summed E-state index contributed by atoms with van der Waals surface area (Å²) >= 11 is 0. The Hall–Kier alpha value is -1.36. The Labute approximate surface area is 116 Å². The van der Waals surface area contributed by atoms with E-state index in [1.807, 2.05) is 44.7 Å². The number of anilines is 1. The molecular weight excluding hydrogens is 260 g/mol. The quantitative estimate of drug-likeness (QED) is 0.732. The predicted octanol–water partition coefficient (Wildman–Crippen LogP) is 3.44. The number of sulfonamides is 1. The second-order valence-corrected chi connectivity index (χ2v) is 5.28. The van der Waals surface area contributed by atoms with Crippen molar-refractivity contribution < 1.29 is 8.42 Å². The molecule has 1 aromatic carbocycles. The number of amidine groups is 1. The zero-order valence-electron chi connectivity index (χ0n) is 12.0. The maximum absolute atomic E-state index is 11.8. The maximum Gasteiger partial charge on any atom is 0.286 e. The van der Waals surface area contributed by atoms with Gasteiger partial charge in [0.05, 0.1) is 5.69 Å². The van der Waals surface area contributed by atoms with Gasteiger partial charge in [-0.25, -0.2) is 0 Å². The molecule has 19 heavy (non-hydrogen) atoms. The first-order chi connectivity index (χ1) is 9.18. The van der Waals surface area contributed by atoms with Crippen LogP contribution in [0.3, 0.4) is 0 Å². The average molecular weight is 282 g/mol.